The smallest absolute Gasteiger partial charge is 0.295 e. The molecule has 0 aliphatic heterocycles. The van der Waals surface area contributed by atoms with Crippen molar-refractivity contribution >= 4 is 22.5 Å². The summed E-state index contributed by atoms with van der Waals surface area (Å²) in [6.07, 6.45) is 0. The summed E-state index contributed by atoms with van der Waals surface area (Å²) >= 11 is 0. The molecule has 0 saturated carbocycles. The zero-order valence-corrected chi connectivity index (χ0v) is 13.4. The molecule has 0 atom stereocenters. The first-order valence-electron chi connectivity index (χ1n) is 7.21. The van der Waals surface area contributed by atoms with E-state index in [0.29, 0.717) is 22.4 Å². The summed E-state index contributed by atoms with van der Waals surface area (Å²) in [4.78, 5) is 14.8. The van der Waals surface area contributed by atoms with Gasteiger partial charge in [-0.25, -0.2) is 4.39 Å². The third-order valence-corrected chi connectivity index (χ3v) is 3.59. The predicted molar refractivity (Wildman–Crippen MR) is 88.3 cm³/mol. The number of nitrogens with zero attached hydrogens (tertiary/aromatic N) is 2. The Bertz CT molecular complexity index is 981. The molecule has 0 saturated heterocycles. The maximum Gasteiger partial charge on any atom is 0.295 e. The van der Waals surface area contributed by atoms with Gasteiger partial charge >= 0.3 is 0 Å². The van der Waals surface area contributed by atoms with E-state index in [0.717, 1.165) is 0 Å². The summed E-state index contributed by atoms with van der Waals surface area (Å²) in [5.74, 6) is -0.527. The monoisotopic (exact) mass is 343 g/mol. The Morgan fingerprint density at radius 1 is 1.12 bits per heavy atom. The second-order valence-electron chi connectivity index (χ2n) is 5.09. The lowest BCUT2D eigenvalue weighted by molar-refractivity contribution is 0.0994. The molecule has 0 unspecified atom stereocenters. The van der Waals surface area contributed by atoms with E-state index in [2.05, 4.69) is 15.2 Å². The molecule has 8 heteroatoms. The summed E-state index contributed by atoms with van der Waals surface area (Å²) in [6.45, 7) is 0. The molecule has 0 spiro atoms. The minimum absolute atomic E-state index is 0.0591. The van der Waals surface area contributed by atoms with Crippen molar-refractivity contribution in [2.75, 3.05) is 14.2 Å². The third-order valence-electron chi connectivity index (χ3n) is 3.59. The summed E-state index contributed by atoms with van der Waals surface area (Å²) in [5, 5.41) is 17.7. The molecule has 1 heterocycles. The van der Waals surface area contributed by atoms with Crippen LogP contribution in [0.4, 0.5) is 10.1 Å². The van der Waals surface area contributed by atoms with Gasteiger partial charge in [0.1, 0.15) is 5.82 Å². The highest BCUT2D eigenvalue weighted by atomic mass is 19.1. The second kappa shape index (κ2) is 6.60. The van der Waals surface area contributed by atoms with E-state index in [4.69, 9.17) is 9.47 Å². The van der Waals surface area contributed by atoms with Gasteiger partial charge in [-0.3, -0.25) is 4.79 Å². The number of azo groups is 1. The predicted octanol–water partition coefficient (Wildman–Crippen LogP) is 3.95. The van der Waals surface area contributed by atoms with Gasteiger partial charge in [-0.1, -0.05) is 0 Å². The number of carbonyl (C=O) groups is 1. The number of rotatable bonds is 4. The molecule has 2 aromatic carbocycles. The van der Waals surface area contributed by atoms with Crippen molar-refractivity contribution < 1.29 is 23.8 Å². The Hall–Kier alpha value is -3.42. The molecular weight excluding hydrogens is 329 g/mol. The van der Waals surface area contributed by atoms with Crippen LogP contribution in [0.5, 0.6) is 17.4 Å². The van der Waals surface area contributed by atoms with Crippen LogP contribution in [-0.2, 0) is 0 Å². The standard InChI is InChI=1S/C17H14FN3O4/c1-24-13-6-3-9(7-14(13)25-2)16(22)21-20-15-11-5-4-10(18)8-12(11)19-17(15)23/h3-8,19,23H,1-2H3. The maximum atomic E-state index is 13.2. The molecule has 1 aromatic heterocycles. The molecule has 0 fully saturated rings. The van der Waals surface area contributed by atoms with Crippen LogP contribution in [0.25, 0.3) is 10.9 Å². The van der Waals surface area contributed by atoms with E-state index in [1.54, 1.807) is 6.07 Å². The number of methoxy groups -OCH3 is 2. The molecule has 128 valence electrons. The second-order valence-corrected chi connectivity index (χ2v) is 5.09. The van der Waals surface area contributed by atoms with Crippen molar-refractivity contribution in [1.29, 1.82) is 0 Å². The first-order valence-corrected chi connectivity index (χ1v) is 7.21. The Labute approximate surface area is 141 Å². The number of aromatic nitrogens is 1. The Morgan fingerprint density at radius 2 is 1.88 bits per heavy atom. The van der Waals surface area contributed by atoms with Gasteiger partial charge in [0.05, 0.1) is 19.7 Å². The number of aromatic amines is 1. The van der Waals surface area contributed by atoms with E-state index in [1.807, 2.05) is 0 Å². The Balaban J connectivity index is 1.92. The number of nitrogens with one attached hydrogen (secondary N) is 1. The highest BCUT2D eigenvalue weighted by molar-refractivity contribution is 5.97. The lowest BCUT2D eigenvalue weighted by Gasteiger charge is -2.07. The van der Waals surface area contributed by atoms with Crippen molar-refractivity contribution in [3.8, 4) is 17.4 Å². The normalized spacial score (nSPS) is 11.2. The molecule has 2 N–H and O–H groups in total. The topological polar surface area (TPSA) is 96.3 Å². The maximum absolute atomic E-state index is 13.2. The average molecular weight is 343 g/mol. The van der Waals surface area contributed by atoms with Crippen LogP contribution in [0.3, 0.4) is 0 Å². The van der Waals surface area contributed by atoms with Gasteiger partial charge in [0.25, 0.3) is 5.91 Å². The highest BCUT2D eigenvalue weighted by Gasteiger charge is 2.13. The fourth-order valence-electron chi connectivity index (χ4n) is 2.36. The first kappa shape index (κ1) is 16.4. The number of aromatic hydroxyl groups is 1. The summed E-state index contributed by atoms with van der Waals surface area (Å²) < 4.78 is 23.5. The van der Waals surface area contributed by atoms with Crippen LogP contribution in [0, 0.1) is 5.82 Å². The Morgan fingerprint density at radius 3 is 2.60 bits per heavy atom. The van der Waals surface area contributed by atoms with Crippen LogP contribution in [0.1, 0.15) is 10.4 Å². The molecule has 3 aromatic rings. The van der Waals surface area contributed by atoms with Crippen molar-refractivity contribution in [2.45, 2.75) is 0 Å². The number of halogens is 1. The minimum Gasteiger partial charge on any atom is -0.493 e. The fourth-order valence-corrected chi connectivity index (χ4v) is 2.36. The summed E-state index contributed by atoms with van der Waals surface area (Å²) in [6, 6.07) is 8.45. The van der Waals surface area contributed by atoms with Gasteiger partial charge in [0, 0.05) is 10.9 Å². The number of fused-ring (bicyclic) bond motifs is 1. The molecule has 7 nitrogen and oxygen atoms in total. The average Bonchev–Trinajstić information content (AvgIpc) is 2.93. The van der Waals surface area contributed by atoms with Crippen molar-refractivity contribution in [3.63, 3.8) is 0 Å². The summed E-state index contributed by atoms with van der Waals surface area (Å²) in [7, 11) is 2.94. The molecular formula is C17H14FN3O4. The van der Waals surface area contributed by atoms with Gasteiger partial charge in [-0.2, -0.15) is 0 Å². The zero-order chi connectivity index (χ0) is 18.0. The van der Waals surface area contributed by atoms with E-state index in [9.17, 15) is 14.3 Å². The van der Waals surface area contributed by atoms with Crippen molar-refractivity contribution in [1.82, 2.24) is 4.98 Å². The van der Waals surface area contributed by atoms with Crippen molar-refractivity contribution in [3.05, 3.63) is 47.8 Å². The van der Waals surface area contributed by atoms with E-state index < -0.39 is 11.7 Å². The number of hydrogen-bond acceptors (Lipinski definition) is 5. The van der Waals surface area contributed by atoms with Crippen LogP contribution in [0.15, 0.2) is 46.6 Å². The van der Waals surface area contributed by atoms with Crippen LogP contribution >= 0.6 is 0 Å². The van der Waals surface area contributed by atoms with Crippen LogP contribution in [-0.4, -0.2) is 30.2 Å². The number of ether oxygens (including phenoxy) is 2. The lowest BCUT2D eigenvalue weighted by Crippen LogP contribution is -1.97. The quantitative estimate of drug-likeness (QED) is 0.701. The van der Waals surface area contributed by atoms with Crippen LogP contribution in [0.2, 0.25) is 0 Å². The molecule has 0 aliphatic rings. The van der Waals surface area contributed by atoms with Crippen LogP contribution < -0.4 is 9.47 Å². The number of amides is 1. The third kappa shape index (κ3) is 3.14. The van der Waals surface area contributed by atoms with E-state index in [1.165, 1.54) is 44.6 Å². The van der Waals surface area contributed by atoms with E-state index >= 15 is 0 Å². The fraction of sp³-hybridized carbons (Fsp3) is 0.118. The SMILES string of the molecule is COc1ccc(C(=O)N=Nc2c(O)[nH]c3cc(F)ccc23)cc1OC. The molecule has 3 rings (SSSR count). The molecule has 1 amide bonds. The first-order chi connectivity index (χ1) is 12.0. The van der Waals surface area contributed by atoms with Gasteiger partial charge < -0.3 is 19.6 Å². The number of carbonyl (C=O) groups excluding carboxylic acids is 1. The Kier molecular flexibility index (Phi) is 4.34. The molecule has 0 aliphatic carbocycles. The minimum atomic E-state index is -0.628. The molecule has 0 radical (unpaired) electrons. The number of H-pyrrole nitrogens is 1. The van der Waals surface area contributed by atoms with Gasteiger partial charge in [0.2, 0.25) is 5.88 Å². The molecule has 0 bridgehead atoms. The number of hydrogen-bond donors (Lipinski definition) is 2. The van der Waals surface area contributed by atoms with Gasteiger partial charge in [0.15, 0.2) is 17.2 Å². The largest absolute Gasteiger partial charge is 0.493 e. The lowest BCUT2D eigenvalue weighted by atomic mass is 10.2. The number of benzene rings is 2. The summed E-state index contributed by atoms with van der Waals surface area (Å²) in [5.41, 5.74) is 0.653. The zero-order valence-electron chi connectivity index (χ0n) is 13.4. The van der Waals surface area contributed by atoms with Crippen molar-refractivity contribution in [2.24, 2.45) is 10.2 Å². The van der Waals surface area contributed by atoms with E-state index in [-0.39, 0.29) is 17.1 Å². The van der Waals surface area contributed by atoms with Gasteiger partial charge in [-0.05, 0) is 36.4 Å². The molecule has 25 heavy (non-hydrogen) atoms. The highest BCUT2D eigenvalue weighted by Crippen LogP contribution is 2.36. The van der Waals surface area contributed by atoms with Gasteiger partial charge in [-0.15, -0.1) is 10.2 Å².